The fraction of sp³-hybridized carbons (Fsp3) is 0.650. The summed E-state index contributed by atoms with van der Waals surface area (Å²) in [5, 5.41) is 3.24. The SMILES string of the molecule is COc1ccc(C(=O)NC2C3CC4CC(C3)CC2C4)cc1S(=O)(=O)N(C)C. The minimum absolute atomic E-state index is 0.0210. The summed E-state index contributed by atoms with van der Waals surface area (Å²) in [5.74, 6) is 2.90. The van der Waals surface area contributed by atoms with Gasteiger partial charge in [0.2, 0.25) is 10.0 Å². The first-order chi connectivity index (χ1) is 12.8. The second-order valence-corrected chi connectivity index (χ2v) is 10.7. The third-order valence-electron chi connectivity index (χ3n) is 6.71. The summed E-state index contributed by atoms with van der Waals surface area (Å²) in [6.07, 6.45) is 6.27. The van der Waals surface area contributed by atoms with Crippen LogP contribution < -0.4 is 10.1 Å². The zero-order valence-electron chi connectivity index (χ0n) is 16.1. The van der Waals surface area contributed by atoms with Gasteiger partial charge in [-0.15, -0.1) is 0 Å². The molecule has 0 radical (unpaired) electrons. The Bertz CT molecular complexity index is 822. The van der Waals surface area contributed by atoms with Crippen molar-refractivity contribution in [1.82, 2.24) is 9.62 Å². The van der Waals surface area contributed by atoms with Crippen LogP contribution in [0.25, 0.3) is 0 Å². The van der Waals surface area contributed by atoms with Crippen LogP contribution >= 0.6 is 0 Å². The van der Waals surface area contributed by atoms with Crippen molar-refractivity contribution in [3.63, 3.8) is 0 Å². The molecule has 0 saturated heterocycles. The molecule has 0 heterocycles. The van der Waals surface area contributed by atoms with Gasteiger partial charge in [0.25, 0.3) is 5.91 Å². The van der Waals surface area contributed by atoms with Crippen molar-refractivity contribution in [1.29, 1.82) is 0 Å². The molecule has 4 saturated carbocycles. The number of ether oxygens (including phenoxy) is 1. The van der Waals surface area contributed by atoms with E-state index >= 15 is 0 Å². The smallest absolute Gasteiger partial charge is 0.251 e. The molecule has 1 aromatic carbocycles. The van der Waals surface area contributed by atoms with Crippen molar-refractivity contribution in [2.45, 2.75) is 43.0 Å². The van der Waals surface area contributed by atoms with Crippen LogP contribution in [0.1, 0.15) is 42.5 Å². The maximum absolute atomic E-state index is 12.9. The number of nitrogens with one attached hydrogen (secondary N) is 1. The molecule has 6 nitrogen and oxygen atoms in total. The van der Waals surface area contributed by atoms with E-state index in [4.69, 9.17) is 4.74 Å². The predicted molar refractivity (Wildman–Crippen MR) is 102 cm³/mol. The highest BCUT2D eigenvalue weighted by Crippen LogP contribution is 2.53. The van der Waals surface area contributed by atoms with Gasteiger partial charge in [0.15, 0.2) is 0 Å². The molecule has 4 fully saturated rings. The highest BCUT2D eigenvalue weighted by atomic mass is 32.2. The molecule has 0 aliphatic heterocycles. The van der Waals surface area contributed by atoms with Gasteiger partial charge in [-0.3, -0.25) is 4.79 Å². The molecule has 0 aromatic heterocycles. The zero-order chi connectivity index (χ0) is 19.3. The average Bonchev–Trinajstić information content (AvgIpc) is 2.63. The Morgan fingerprint density at radius 1 is 1.07 bits per heavy atom. The molecule has 4 aliphatic rings. The van der Waals surface area contributed by atoms with Gasteiger partial charge in [0.05, 0.1) is 7.11 Å². The molecule has 4 aliphatic carbocycles. The van der Waals surface area contributed by atoms with Gasteiger partial charge in [0, 0.05) is 25.7 Å². The quantitative estimate of drug-likeness (QED) is 0.835. The van der Waals surface area contributed by atoms with Crippen LogP contribution in [0.4, 0.5) is 0 Å². The van der Waals surface area contributed by atoms with E-state index in [1.165, 1.54) is 59.4 Å². The first-order valence-electron chi connectivity index (χ1n) is 9.71. The van der Waals surface area contributed by atoms with Crippen LogP contribution in [0.15, 0.2) is 23.1 Å². The fourth-order valence-electron chi connectivity index (χ4n) is 5.61. The van der Waals surface area contributed by atoms with E-state index in [0.29, 0.717) is 17.4 Å². The number of carbonyl (C=O) groups is 1. The van der Waals surface area contributed by atoms with Gasteiger partial charge in [-0.1, -0.05) is 0 Å². The molecule has 1 amide bonds. The van der Waals surface area contributed by atoms with Gasteiger partial charge in [0.1, 0.15) is 10.6 Å². The standard InChI is InChI=1S/C20H28N2O4S/c1-22(2)27(24,25)18-11-14(4-5-17(18)26-3)20(23)21-19-15-7-12-6-13(9-15)10-16(19)8-12/h4-5,11-13,15-16,19H,6-10H2,1-3H3,(H,21,23). The molecule has 0 spiro atoms. The van der Waals surface area contributed by atoms with Crippen molar-refractivity contribution in [3.05, 3.63) is 23.8 Å². The fourth-order valence-corrected chi connectivity index (χ4v) is 6.69. The van der Waals surface area contributed by atoms with E-state index in [1.54, 1.807) is 12.1 Å². The number of nitrogens with zero attached hydrogens (tertiary/aromatic N) is 1. The first-order valence-corrected chi connectivity index (χ1v) is 11.1. The molecule has 0 unspecified atom stereocenters. The summed E-state index contributed by atoms with van der Waals surface area (Å²) >= 11 is 0. The molecule has 1 aromatic rings. The number of hydrogen-bond acceptors (Lipinski definition) is 4. The Hall–Kier alpha value is -1.60. The molecule has 0 atom stereocenters. The van der Waals surface area contributed by atoms with E-state index in [2.05, 4.69) is 5.32 Å². The Kier molecular flexibility index (Phi) is 4.71. The van der Waals surface area contributed by atoms with E-state index in [0.717, 1.165) is 16.1 Å². The third kappa shape index (κ3) is 3.25. The highest BCUT2D eigenvalue weighted by Gasteiger charge is 2.48. The van der Waals surface area contributed by atoms with Crippen molar-refractivity contribution in [2.24, 2.45) is 23.7 Å². The van der Waals surface area contributed by atoms with Crippen LogP contribution in [0, 0.1) is 23.7 Å². The van der Waals surface area contributed by atoms with Crippen LogP contribution in [0.5, 0.6) is 5.75 Å². The molecular formula is C20H28N2O4S. The van der Waals surface area contributed by atoms with E-state index in [1.807, 2.05) is 0 Å². The number of rotatable bonds is 5. The van der Waals surface area contributed by atoms with E-state index in [9.17, 15) is 13.2 Å². The van der Waals surface area contributed by atoms with Crippen molar-refractivity contribution in [2.75, 3.05) is 21.2 Å². The van der Waals surface area contributed by atoms with Crippen LogP contribution in [-0.4, -0.2) is 45.9 Å². The lowest BCUT2D eigenvalue weighted by atomic mass is 9.54. The monoisotopic (exact) mass is 392 g/mol. The van der Waals surface area contributed by atoms with Gasteiger partial charge in [-0.25, -0.2) is 12.7 Å². The Morgan fingerprint density at radius 2 is 1.67 bits per heavy atom. The van der Waals surface area contributed by atoms with Gasteiger partial charge in [-0.2, -0.15) is 0 Å². The summed E-state index contributed by atoms with van der Waals surface area (Å²) in [6, 6.07) is 4.85. The number of amides is 1. The van der Waals surface area contributed by atoms with Gasteiger partial charge < -0.3 is 10.1 Å². The molecule has 5 rings (SSSR count). The lowest BCUT2D eigenvalue weighted by Crippen LogP contribution is -2.55. The minimum Gasteiger partial charge on any atom is -0.495 e. The number of sulfonamides is 1. The Balaban J connectivity index is 1.58. The molecule has 7 heteroatoms. The summed E-state index contributed by atoms with van der Waals surface area (Å²) in [7, 11) is 0.669. The van der Waals surface area contributed by atoms with E-state index in [-0.39, 0.29) is 22.6 Å². The summed E-state index contributed by atoms with van der Waals surface area (Å²) in [5.41, 5.74) is 0.366. The minimum atomic E-state index is -3.70. The first kappa shape index (κ1) is 18.7. The van der Waals surface area contributed by atoms with Crippen molar-refractivity contribution in [3.8, 4) is 5.75 Å². The molecule has 148 valence electrons. The number of hydrogen-bond donors (Lipinski definition) is 1. The molecule has 27 heavy (non-hydrogen) atoms. The maximum Gasteiger partial charge on any atom is 0.251 e. The summed E-state index contributed by atoms with van der Waals surface area (Å²) in [6.45, 7) is 0. The Morgan fingerprint density at radius 3 is 2.19 bits per heavy atom. The third-order valence-corrected chi connectivity index (χ3v) is 8.55. The normalized spacial score (nSPS) is 31.9. The Labute approximate surface area is 161 Å². The predicted octanol–water partition coefficient (Wildman–Crippen LogP) is 2.50. The second-order valence-electron chi connectivity index (χ2n) is 8.58. The maximum atomic E-state index is 12.9. The van der Waals surface area contributed by atoms with Gasteiger partial charge >= 0.3 is 0 Å². The molecular weight excluding hydrogens is 364 g/mol. The van der Waals surface area contributed by atoms with Crippen LogP contribution in [-0.2, 0) is 10.0 Å². The topological polar surface area (TPSA) is 75.7 Å². The number of benzene rings is 1. The van der Waals surface area contributed by atoms with E-state index < -0.39 is 10.0 Å². The van der Waals surface area contributed by atoms with Crippen molar-refractivity contribution >= 4 is 15.9 Å². The number of carbonyl (C=O) groups excluding carboxylic acids is 1. The summed E-state index contributed by atoms with van der Waals surface area (Å²) < 4.78 is 31.5. The highest BCUT2D eigenvalue weighted by molar-refractivity contribution is 7.89. The molecule has 4 bridgehead atoms. The lowest BCUT2D eigenvalue weighted by molar-refractivity contribution is -0.0119. The lowest BCUT2D eigenvalue weighted by Gasteiger charge is -2.54. The van der Waals surface area contributed by atoms with Crippen LogP contribution in [0.2, 0.25) is 0 Å². The number of methoxy groups -OCH3 is 1. The van der Waals surface area contributed by atoms with Gasteiger partial charge in [-0.05, 0) is 74.0 Å². The summed E-state index contributed by atoms with van der Waals surface area (Å²) in [4.78, 5) is 12.9. The molecule has 1 N–H and O–H groups in total. The van der Waals surface area contributed by atoms with Crippen molar-refractivity contribution < 1.29 is 17.9 Å². The zero-order valence-corrected chi connectivity index (χ0v) is 17.0. The van der Waals surface area contributed by atoms with Crippen LogP contribution in [0.3, 0.4) is 0 Å². The second kappa shape index (κ2) is 6.78. The average molecular weight is 393 g/mol. The largest absolute Gasteiger partial charge is 0.495 e.